The number of nitro benzene ring substituents is 1. The molecule has 1 aliphatic heterocycles. The molecule has 0 saturated carbocycles. The van der Waals surface area contributed by atoms with Gasteiger partial charge >= 0.3 is 11.9 Å². The first kappa shape index (κ1) is 25.7. The van der Waals surface area contributed by atoms with Gasteiger partial charge in [0.1, 0.15) is 5.75 Å². The summed E-state index contributed by atoms with van der Waals surface area (Å²) in [5, 5.41) is 10.9. The van der Waals surface area contributed by atoms with Crippen LogP contribution in [0, 0.1) is 13.7 Å². The van der Waals surface area contributed by atoms with E-state index < -0.39 is 33.5 Å². The number of thioether (sulfide) groups is 1. The molecule has 0 aliphatic carbocycles. The minimum absolute atomic E-state index is 0.102. The van der Waals surface area contributed by atoms with Gasteiger partial charge < -0.3 is 4.74 Å². The minimum atomic E-state index is -4.74. The highest BCUT2D eigenvalue weighted by molar-refractivity contribution is 14.1. The lowest BCUT2D eigenvalue weighted by atomic mass is 10.1. The molecule has 1 saturated heterocycles. The van der Waals surface area contributed by atoms with Crippen molar-refractivity contribution in [3.8, 4) is 11.5 Å². The van der Waals surface area contributed by atoms with Crippen molar-refractivity contribution in [2.24, 2.45) is 0 Å². The van der Waals surface area contributed by atoms with Gasteiger partial charge in [-0.15, -0.1) is 0 Å². The van der Waals surface area contributed by atoms with E-state index in [0.29, 0.717) is 17.7 Å². The van der Waals surface area contributed by atoms with E-state index in [-0.39, 0.29) is 22.9 Å². The molecule has 7 nitrogen and oxygen atoms in total. The first-order chi connectivity index (χ1) is 17.0. The molecular formula is C24H14F3IN2O5S. The maximum atomic E-state index is 12.9. The third-order valence-electron chi connectivity index (χ3n) is 4.99. The van der Waals surface area contributed by atoms with Gasteiger partial charge in [0.15, 0.2) is 0 Å². The molecule has 3 aromatic carbocycles. The number of halogens is 4. The number of carbonyl (C=O) groups excluding carboxylic acids is 2. The number of benzene rings is 3. The number of imide groups is 1. The average Bonchev–Trinajstić information content (AvgIpc) is 3.07. The van der Waals surface area contributed by atoms with Gasteiger partial charge in [0, 0.05) is 9.64 Å². The summed E-state index contributed by atoms with van der Waals surface area (Å²) in [5.41, 5.74) is -0.752. The molecule has 1 fully saturated rings. The molecule has 0 aromatic heterocycles. The predicted molar refractivity (Wildman–Crippen MR) is 135 cm³/mol. The number of hydrogen-bond donors (Lipinski definition) is 0. The van der Waals surface area contributed by atoms with E-state index in [2.05, 4.69) is 22.6 Å². The molecule has 1 aliphatic rings. The van der Waals surface area contributed by atoms with E-state index >= 15 is 0 Å². The second kappa shape index (κ2) is 10.3. The topological polar surface area (TPSA) is 89.7 Å². The zero-order valence-electron chi connectivity index (χ0n) is 18.0. The molecule has 36 heavy (non-hydrogen) atoms. The fourth-order valence-corrected chi connectivity index (χ4v) is 4.48. The van der Waals surface area contributed by atoms with Crippen molar-refractivity contribution in [1.29, 1.82) is 0 Å². The summed E-state index contributed by atoms with van der Waals surface area (Å²) in [4.78, 5) is 36.9. The zero-order valence-corrected chi connectivity index (χ0v) is 21.0. The third kappa shape index (κ3) is 5.87. The van der Waals surface area contributed by atoms with Gasteiger partial charge in [-0.25, -0.2) is 0 Å². The maximum absolute atomic E-state index is 12.9. The molecule has 0 radical (unpaired) electrons. The van der Waals surface area contributed by atoms with Crippen molar-refractivity contribution in [2.75, 3.05) is 0 Å². The number of hydrogen-bond acceptors (Lipinski definition) is 6. The standard InChI is InChI=1S/C24H14F3IN2O5S/c25-24(26,27)16-6-9-20(19(12-16)30(33)34)35-18-3-1-2-15(10-18)11-21-22(31)29(23(32)36-21)13-14-4-7-17(28)8-5-14/h1-12H,13H2/b21-11-. The maximum Gasteiger partial charge on any atom is 0.416 e. The number of ether oxygens (including phenoxy) is 1. The van der Waals surface area contributed by atoms with Gasteiger partial charge in [-0.2, -0.15) is 13.2 Å². The van der Waals surface area contributed by atoms with Gasteiger partial charge in [-0.1, -0.05) is 24.3 Å². The van der Waals surface area contributed by atoms with Gasteiger partial charge in [-0.05, 0) is 88.0 Å². The highest BCUT2D eigenvalue weighted by atomic mass is 127. The van der Waals surface area contributed by atoms with Crippen LogP contribution in [0.4, 0.5) is 23.7 Å². The Balaban J connectivity index is 1.55. The van der Waals surface area contributed by atoms with Gasteiger partial charge in [0.2, 0.25) is 5.75 Å². The van der Waals surface area contributed by atoms with Crippen LogP contribution < -0.4 is 4.74 Å². The summed E-state index contributed by atoms with van der Waals surface area (Å²) in [6, 6.07) is 15.5. The van der Waals surface area contributed by atoms with E-state index in [1.54, 1.807) is 12.1 Å². The van der Waals surface area contributed by atoms with E-state index in [1.807, 2.05) is 24.3 Å². The zero-order chi connectivity index (χ0) is 26.0. The Kier molecular flexibility index (Phi) is 7.36. The van der Waals surface area contributed by atoms with E-state index in [4.69, 9.17) is 4.74 Å². The monoisotopic (exact) mass is 626 g/mol. The Labute approximate surface area is 220 Å². The third-order valence-corrected chi connectivity index (χ3v) is 6.62. The normalized spacial score (nSPS) is 15.0. The van der Waals surface area contributed by atoms with Crippen LogP contribution in [-0.2, 0) is 17.5 Å². The molecule has 3 aromatic rings. The number of nitrogens with zero attached hydrogens (tertiary/aromatic N) is 2. The Morgan fingerprint density at radius 1 is 1.06 bits per heavy atom. The quantitative estimate of drug-likeness (QED) is 0.124. The van der Waals surface area contributed by atoms with Crippen LogP contribution in [0.1, 0.15) is 16.7 Å². The lowest BCUT2D eigenvalue weighted by molar-refractivity contribution is -0.385. The Bertz CT molecular complexity index is 1390. The Hall–Kier alpha value is -3.39. The number of rotatable bonds is 6. The van der Waals surface area contributed by atoms with Crippen LogP contribution in [0.25, 0.3) is 6.08 Å². The smallest absolute Gasteiger partial charge is 0.416 e. The van der Waals surface area contributed by atoms with Crippen molar-refractivity contribution in [3.63, 3.8) is 0 Å². The molecule has 0 unspecified atom stereocenters. The largest absolute Gasteiger partial charge is 0.450 e. The first-order valence-electron chi connectivity index (χ1n) is 10.1. The van der Waals surface area contributed by atoms with Gasteiger partial charge in [-0.3, -0.25) is 24.6 Å². The molecule has 12 heteroatoms. The van der Waals surface area contributed by atoms with Crippen LogP contribution in [0.5, 0.6) is 11.5 Å². The highest BCUT2D eigenvalue weighted by Gasteiger charge is 2.35. The van der Waals surface area contributed by atoms with Crippen LogP contribution >= 0.6 is 34.4 Å². The Morgan fingerprint density at radius 3 is 2.44 bits per heavy atom. The van der Waals surface area contributed by atoms with Crippen LogP contribution in [0.3, 0.4) is 0 Å². The molecule has 0 N–H and O–H groups in total. The molecule has 184 valence electrons. The fraction of sp³-hybridized carbons (Fsp3) is 0.0833. The van der Waals surface area contributed by atoms with Crippen molar-refractivity contribution >= 4 is 57.3 Å². The number of alkyl halides is 3. The molecule has 1 heterocycles. The van der Waals surface area contributed by atoms with Gasteiger partial charge in [0.25, 0.3) is 11.1 Å². The van der Waals surface area contributed by atoms with Gasteiger partial charge in [0.05, 0.1) is 21.9 Å². The van der Waals surface area contributed by atoms with Crippen LogP contribution in [-0.4, -0.2) is 21.0 Å². The van der Waals surface area contributed by atoms with E-state index in [1.165, 1.54) is 18.2 Å². The summed E-state index contributed by atoms with van der Waals surface area (Å²) >= 11 is 2.93. The molecule has 2 amide bonds. The Morgan fingerprint density at radius 2 is 1.78 bits per heavy atom. The summed E-state index contributed by atoms with van der Waals surface area (Å²) in [6.45, 7) is 0.125. The summed E-state index contributed by atoms with van der Waals surface area (Å²) in [7, 11) is 0. The van der Waals surface area contributed by atoms with E-state index in [9.17, 15) is 32.9 Å². The van der Waals surface area contributed by atoms with E-state index in [0.717, 1.165) is 31.9 Å². The predicted octanol–water partition coefficient (Wildman–Crippen LogP) is 7.25. The van der Waals surface area contributed by atoms with Crippen molar-refractivity contribution < 1.29 is 32.4 Å². The molecule has 0 bridgehead atoms. The van der Waals surface area contributed by atoms with Crippen LogP contribution in [0.15, 0.2) is 71.6 Å². The lowest BCUT2D eigenvalue weighted by Gasteiger charge is -2.12. The SMILES string of the molecule is O=C1S/C(=C\c2cccc(Oc3ccc(C(F)(F)F)cc3[N+](=O)[O-])c2)C(=O)N1Cc1ccc(I)cc1. The van der Waals surface area contributed by atoms with Crippen molar-refractivity contribution in [3.05, 3.63) is 102 Å². The summed E-state index contributed by atoms with van der Waals surface area (Å²) in [6.07, 6.45) is -3.27. The molecule has 4 rings (SSSR count). The number of carbonyl (C=O) groups is 2. The van der Waals surface area contributed by atoms with Crippen molar-refractivity contribution in [2.45, 2.75) is 12.7 Å². The first-order valence-corrected chi connectivity index (χ1v) is 12.0. The minimum Gasteiger partial charge on any atom is -0.450 e. The van der Waals surface area contributed by atoms with Crippen LogP contribution in [0.2, 0.25) is 0 Å². The summed E-state index contributed by atoms with van der Waals surface area (Å²) < 4.78 is 45.3. The average molecular weight is 626 g/mol. The summed E-state index contributed by atoms with van der Waals surface area (Å²) in [5.74, 6) is -0.735. The molecular weight excluding hydrogens is 612 g/mol. The highest BCUT2D eigenvalue weighted by Crippen LogP contribution is 2.38. The number of nitro groups is 1. The molecule has 0 atom stereocenters. The van der Waals surface area contributed by atoms with Crippen molar-refractivity contribution in [1.82, 2.24) is 4.90 Å². The number of amides is 2. The second-order valence-corrected chi connectivity index (χ2v) is 9.75. The molecule has 0 spiro atoms. The lowest BCUT2D eigenvalue weighted by Crippen LogP contribution is -2.27. The second-order valence-electron chi connectivity index (χ2n) is 7.51. The fourth-order valence-electron chi connectivity index (χ4n) is 3.28.